The molecule has 2 heterocycles. The molecule has 9 nitrogen and oxygen atoms in total. The molecule has 2 N–H and O–H groups in total. The van der Waals surface area contributed by atoms with E-state index in [0.717, 1.165) is 0 Å². The molecule has 12 heteroatoms. The number of ether oxygens (including phenoxy) is 3. The summed E-state index contributed by atoms with van der Waals surface area (Å²) in [7, 11) is 1.50. The van der Waals surface area contributed by atoms with Gasteiger partial charge < -0.3 is 24.8 Å². The number of benzene rings is 3. The van der Waals surface area contributed by atoms with Crippen LogP contribution in [0.3, 0.4) is 0 Å². The summed E-state index contributed by atoms with van der Waals surface area (Å²) in [5.41, 5.74) is 2.45. The van der Waals surface area contributed by atoms with Gasteiger partial charge in [0.2, 0.25) is 5.95 Å². The minimum absolute atomic E-state index is 0.119. The van der Waals surface area contributed by atoms with Gasteiger partial charge in [-0.2, -0.15) is 10.1 Å². The fourth-order valence-corrected chi connectivity index (χ4v) is 5.38. The van der Waals surface area contributed by atoms with E-state index < -0.39 is 11.9 Å². The molecule has 0 bridgehead atoms. The van der Waals surface area contributed by atoms with Crippen molar-refractivity contribution >= 4 is 45.1 Å². The molecule has 3 aromatic carbocycles. The standard InChI is InChI=1S/C29H26BrClFN5O4/c1-4-40-23-11-6-5-10-22(23)36-28(38)25-16(2)35-29-33-15-34-37(29)26(25)17-12-19(30)27(24(13-17)39-3)41-14-18-20(31)8-7-9-21(18)32/h5-13,15,26H,4,14H2,1-3H3,(H,36,38)(H,33,34,35). The monoisotopic (exact) mass is 641 g/mol. The summed E-state index contributed by atoms with van der Waals surface area (Å²) in [5, 5.41) is 10.8. The van der Waals surface area contributed by atoms with E-state index in [1.807, 2.05) is 19.1 Å². The van der Waals surface area contributed by atoms with Gasteiger partial charge in [-0.25, -0.2) is 9.07 Å². The lowest BCUT2D eigenvalue weighted by Crippen LogP contribution is -2.31. The molecule has 1 aliphatic rings. The van der Waals surface area contributed by atoms with Crippen molar-refractivity contribution in [3.05, 3.63) is 98.6 Å². The second kappa shape index (κ2) is 12.2. The summed E-state index contributed by atoms with van der Waals surface area (Å²) in [6.45, 7) is 4.01. The summed E-state index contributed by atoms with van der Waals surface area (Å²) < 4.78 is 33.8. The second-order valence-electron chi connectivity index (χ2n) is 9.00. The first-order chi connectivity index (χ1) is 19.8. The number of halogens is 3. The van der Waals surface area contributed by atoms with Crippen molar-refractivity contribution in [1.82, 2.24) is 14.8 Å². The molecule has 4 aromatic rings. The number of aromatic nitrogens is 3. The summed E-state index contributed by atoms with van der Waals surface area (Å²) in [6, 6.07) is 14.6. The van der Waals surface area contributed by atoms with Gasteiger partial charge in [-0.3, -0.25) is 4.79 Å². The van der Waals surface area contributed by atoms with Gasteiger partial charge in [-0.05, 0) is 71.7 Å². The third-order valence-corrected chi connectivity index (χ3v) is 7.41. The molecule has 0 saturated carbocycles. The van der Waals surface area contributed by atoms with Gasteiger partial charge in [0.1, 0.15) is 30.5 Å². The number of hydrogen-bond donors (Lipinski definition) is 2. The van der Waals surface area contributed by atoms with Crippen LogP contribution in [-0.4, -0.2) is 34.4 Å². The highest BCUT2D eigenvalue weighted by Crippen LogP contribution is 2.43. The Morgan fingerprint density at radius 1 is 1.17 bits per heavy atom. The number of anilines is 2. The number of rotatable bonds is 9. The first-order valence-electron chi connectivity index (χ1n) is 12.7. The Morgan fingerprint density at radius 2 is 1.98 bits per heavy atom. The number of fused-ring (bicyclic) bond motifs is 1. The first-order valence-corrected chi connectivity index (χ1v) is 13.8. The normalized spacial score (nSPS) is 14.2. The molecule has 0 radical (unpaired) electrons. The van der Waals surface area contributed by atoms with Crippen molar-refractivity contribution in [2.45, 2.75) is 26.5 Å². The lowest BCUT2D eigenvalue weighted by Gasteiger charge is -2.29. The molecule has 0 spiro atoms. The van der Waals surface area contributed by atoms with E-state index in [1.54, 1.807) is 41.9 Å². The van der Waals surface area contributed by atoms with Gasteiger partial charge in [-0.15, -0.1) is 0 Å². The highest BCUT2D eigenvalue weighted by atomic mass is 79.9. The number of nitrogens with one attached hydrogen (secondary N) is 2. The summed E-state index contributed by atoms with van der Waals surface area (Å²) in [6.07, 6.45) is 1.41. The average Bonchev–Trinajstić information content (AvgIpc) is 3.41. The maximum Gasteiger partial charge on any atom is 0.255 e. The zero-order valence-corrected chi connectivity index (χ0v) is 24.7. The fraction of sp³-hybridized carbons (Fsp3) is 0.207. The maximum absolute atomic E-state index is 14.4. The summed E-state index contributed by atoms with van der Waals surface area (Å²) in [4.78, 5) is 18.1. The quantitative estimate of drug-likeness (QED) is 0.208. The lowest BCUT2D eigenvalue weighted by atomic mass is 9.94. The van der Waals surface area contributed by atoms with E-state index in [-0.39, 0.29) is 23.1 Å². The molecule has 1 amide bonds. The molecule has 1 unspecified atom stereocenters. The van der Waals surface area contributed by atoms with Crippen molar-refractivity contribution in [3.8, 4) is 17.2 Å². The summed E-state index contributed by atoms with van der Waals surface area (Å²) >= 11 is 9.76. The van der Waals surface area contributed by atoms with E-state index in [1.165, 1.54) is 25.6 Å². The smallest absolute Gasteiger partial charge is 0.255 e. The SMILES string of the molecule is CCOc1ccccc1NC(=O)C1=C(C)Nc2ncnn2C1c1cc(Br)c(OCc2c(F)cccc2Cl)c(OC)c1. The van der Waals surface area contributed by atoms with Crippen molar-refractivity contribution in [1.29, 1.82) is 0 Å². The van der Waals surface area contributed by atoms with Gasteiger partial charge >= 0.3 is 0 Å². The van der Waals surface area contributed by atoms with Gasteiger partial charge in [0.05, 0.1) is 34.5 Å². The molecule has 0 fully saturated rings. The van der Waals surface area contributed by atoms with Crippen molar-refractivity contribution in [2.75, 3.05) is 24.4 Å². The Labute approximate surface area is 249 Å². The van der Waals surface area contributed by atoms with E-state index in [2.05, 4.69) is 36.6 Å². The van der Waals surface area contributed by atoms with Crippen LogP contribution in [0.15, 0.2) is 76.7 Å². The number of nitrogens with zero attached hydrogens (tertiary/aromatic N) is 3. The third-order valence-electron chi connectivity index (χ3n) is 6.46. The van der Waals surface area contributed by atoms with Crippen LogP contribution in [0.2, 0.25) is 5.02 Å². The molecule has 212 valence electrons. The second-order valence-corrected chi connectivity index (χ2v) is 10.3. The van der Waals surface area contributed by atoms with Crippen LogP contribution in [0, 0.1) is 5.82 Å². The molecule has 5 rings (SSSR count). The number of hydrogen-bond acceptors (Lipinski definition) is 7. The first kappa shape index (κ1) is 28.4. The van der Waals surface area contributed by atoms with Crippen LogP contribution in [-0.2, 0) is 11.4 Å². The van der Waals surface area contributed by atoms with E-state index >= 15 is 0 Å². The average molecular weight is 643 g/mol. The van der Waals surface area contributed by atoms with Gasteiger partial charge in [0.25, 0.3) is 5.91 Å². The summed E-state index contributed by atoms with van der Waals surface area (Å²) in [5.74, 6) is 0.923. The van der Waals surface area contributed by atoms with Crippen LogP contribution < -0.4 is 24.8 Å². The van der Waals surface area contributed by atoms with Crippen molar-refractivity contribution < 1.29 is 23.4 Å². The molecule has 0 saturated heterocycles. The minimum Gasteiger partial charge on any atom is -0.493 e. The van der Waals surface area contributed by atoms with Crippen molar-refractivity contribution in [3.63, 3.8) is 0 Å². The zero-order chi connectivity index (χ0) is 29.1. The Bertz CT molecular complexity index is 1620. The highest BCUT2D eigenvalue weighted by Gasteiger charge is 2.35. The Kier molecular flexibility index (Phi) is 8.46. The van der Waals surface area contributed by atoms with Crippen LogP contribution >= 0.6 is 27.5 Å². The Balaban J connectivity index is 1.52. The van der Waals surface area contributed by atoms with Crippen LogP contribution in [0.5, 0.6) is 17.2 Å². The van der Waals surface area contributed by atoms with E-state index in [9.17, 15) is 9.18 Å². The molecule has 1 aromatic heterocycles. The molecule has 0 aliphatic carbocycles. The number of amides is 1. The highest BCUT2D eigenvalue weighted by molar-refractivity contribution is 9.10. The number of carbonyl (C=O) groups excluding carboxylic acids is 1. The van der Waals surface area contributed by atoms with Gasteiger partial charge in [0.15, 0.2) is 11.5 Å². The molecule has 1 aliphatic heterocycles. The third kappa shape index (κ3) is 5.73. The van der Waals surface area contributed by atoms with E-state index in [0.29, 0.717) is 56.8 Å². The number of carbonyl (C=O) groups is 1. The van der Waals surface area contributed by atoms with Gasteiger partial charge in [0, 0.05) is 11.3 Å². The molecular formula is C29H26BrClFN5O4. The number of para-hydroxylation sites is 2. The largest absolute Gasteiger partial charge is 0.493 e. The molecular weight excluding hydrogens is 617 g/mol. The maximum atomic E-state index is 14.4. The van der Waals surface area contributed by atoms with Crippen molar-refractivity contribution in [2.24, 2.45) is 0 Å². The van der Waals surface area contributed by atoms with E-state index in [4.69, 9.17) is 25.8 Å². The zero-order valence-electron chi connectivity index (χ0n) is 22.4. The lowest BCUT2D eigenvalue weighted by molar-refractivity contribution is -0.113. The van der Waals surface area contributed by atoms with Crippen LogP contribution in [0.4, 0.5) is 16.0 Å². The van der Waals surface area contributed by atoms with Crippen LogP contribution in [0.25, 0.3) is 0 Å². The van der Waals surface area contributed by atoms with Gasteiger partial charge in [-0.1, -0.05) is 29.8 Å². The molecule has 1 atom stereocenters. The predicted octanol–water partition coefficient (Wildman–Crippen LogP) is 6.75. The predicted molar refractivity (Wildman–Crippen MR) is 157 cm³/mol. The minimum atomic E-state index is -0.673. The number of allylic oxidation sites excluding steroid dienone is 1. The topological polar surface area (TPSA) is 99.5 Å². The van der Waals surface area contributed by atoms with Crippen LogP contribution in [0.1, 0.15) is 31.0 Å². The Hall–Kier alpha value is -4.09. The fourth-order valence-electron chi connectivity index (χ4n) is 4.59. The Morgan fingerprint density at radius 3 is 2.73 bits per heavy atom. The molecule has 41 heavy (non-hydrogen) atoms. The number of methoxy groups -OCH3 is 1.